The van der Waals surface area contributed by atoms with Crippen LogP contribution in [0.1, 0.15) is 0 Å². The number of anilines is 1. The summed E-state index contributed by atoms with van der Waals surface area (Å²) in [6.07, 6.45) is 3.45. The second-order valence-electron chi connectivity index (χ2n) is 3.99. The Balaban J connectivity index is 2.23. The molecule has 4 nitrogen and oxygen atoms in total. The van der Waals surface area contributed by atoms with Gasteiger partial charge in [-0.1, -0.05) is 45.4 Å². The van der Waals surface area contributed by atoms with E-state index in [1.807, 2.05) is 36.4 Å². The van der Waals surface area contributed by atoms with E-state index in [1.165, 1.54) is 0 Å². The first-order chi connectivity index (χ1) is 9.27. The number of nitrogen functional groups attached to an aromatic ring is 1. The molecule has 3 rings (SSSR count). The highest BCUT2D eigenvalue weighted by atomic mass is 79.9. The fraction of sp³-hybridized carbons (Fsp3) is 0. The summed E-state index contributed by atoms with van der Waals surface area (Å²) >= 11 is 3.51. The van der Waals surface area contributed by atoms with E-state index in [9.17, 15) is 0 Å². The number of pyridine rings is 1. The summed E-state index contributed by atoms with van der Waals surface area (Å²) in [5.41, 5.74) is 9.17. The zero-order valence-corrected chi connectivity index (χ0v) is 11.5. The molecule has 0 fully saturated rings. The second-order valence-corrected chi connectivity index (χ2v) is 4.85. The van der Waals surface area contributed by atoms with Gasteiger partial charge in [-0.25, -0.2) is 0 Å². The van der Waals surface area contributed by atoms with Gasteiger partial charge >= 0.3 is 0 Å². The molecule has 0 saturated carbocycles. The van der Waals surface area contributed by atoms with Crippen molar-refractivity contribution in [3.05, 3.63) is 53.3 Å². The molecule has 1 aromatic carbocycles. The number of benzene rings is 1. The Morgan fingerprint density at radius 2 is 1.95 bits per heavy atom. The van der Waals surface area contributed by atoms with Gasteiger partial charge in [-0.2, -0.15) is 0 Å². The molecule has 19 heavy (non-hydrogen) atoms. The van der Waals surface area contributed by atoms with E-state index in [2.05, 4.69) is 26.1 Å². The van der Waals surface area contributed by atoms with Crippen LogP contribution in [0.15, 0.2) is 57.8 Å². The highest BCUT2D eigenvalue weighted by molar-refractivity contribution is 9.10. The summed E-state index contributed by atoms with van der Waals surface area (Å²) in [4.78, 5) is 4.10. The molecule has 0 radical (unpaired) electrons. The van der Waals surface area contributed by atoms with Gasteiger partial charge in [-0.15, -0.1) is 0 Å². The van der Waals surface area contributed by atoms with E-state index in [0.717, 1.165) is 21.2 Å². The molecule has 0 atom stereocenters. The summed E-state index contributed by atoms with van der Waals surface area (Å²) in [5, 5.41) is 4.07. The molecular formula is C14H10BrN3O. The normalized spacial score (nSPS) is 10.6. The van der Waals surface area contributed by atoms with Gasteiger partial charge in [0.2, 0.25) is 5.88 Å². The molecule has 0 bridgehead atoms. The molecule has 0 amide bonds. The van der Waals surface area contributed by atoms with Crippen LogP contribution >= 0.6 is 15.9 Å². The third-order valence-electron chi connectivity index (χ3n) is 2.80. The van der Waals surface area contributed by atoms with Crippen LogP contribution in [-0.4, -0.2) is 10.1 Å². The van der Waals surface area contributed by atoms with Crippen LogP contribution < -0.4 is 5.73 Å². The van der Waals surface area contributed by atoms with E-state index in [1.54, 1.807) is 12.4 Å². The second kappa shape index (κ2) is 4.85. The minimum atomic E-state index is 0.291. The van der Waals surface area contributed by atoms with Crippen molar-refractivity contribution in [1.29, 1.82) is 0 Å². The Labute approximate surface area is 118 Å². The van der Waals surface area contributed by atoms with Crippen molar-refractivity contribution in [2.24, 2.45) is 0 Å². The molecule has 5 heteroatoms. The lowest BCUT2D eigenvalue weighted by molar-refractivity contribution is 0.439. The first-order valence-corrected chi connectivity index (χ1v) is 6.47. The molecule has 0 unspecified atom stereocenters. The van der Waals surface area contributed by atoms with Crippen molar-refractivity contribution < 1.29 is 4.52 Å². The highest BCUT2D eigenvalue weighted by Crippen LogP contribution is 2.38. The SMILES string of the molecule is Nc1onc(-c2ccccc2Br)c1-c1cccnc1. The number of nitrogens with two attached hydrogens (primary N) is 1. The maximum atomic E-state index is 5.89. The molecular weight excluding hydrogens is 306 g/mol. The van der Waals surface area contributed by atoms with Gasteiger partial charge in [0, 0.05) is 28.0 Å². The van der Waals surface area contributed by atoms with Crippen molar-refractivity contribution in [2.45, 2.75) is 0 Å². The topological polar surface area (TPSA) is 64.9 Å². The third kappa shape index (κ3) is 2.13. The first kappa shape index (κ1) is 11.9. The Bertz CT molecular complexity index is 710. The van der Waals surface area contributed by atoms with Gasteiger partial charge in [0.05, 0.1) is 5.56 Å². The van der Waals surface area contributed by atoms with Gasteiger partial charge < -0.3 is 10.3 Å². The summed E-state index contributed by atoms with van der Waals surface area (Å²) in [5.74, 6) is 0.291. The number of rotatable bonds is 2. The lowest BCUT2D eigenvalue weighted by Crippen LogP contribution is -1.88. The van der Waals surface area contributed by atoms with E-state index in [0.29, 0.717) is 11.6 Å². The van der Waals surface area contributed by atoms with Gasteiger partial charge in [0.15, 0.2) is 0 Å². The Morgan fingerprint density at radius 1 is 1.11 bits per heavy atom. The van der Waals surface area contributed by atoms with E-state index in [4.69, 9.17) is 10.3 Å². The molecule has 2 N–H and O–H groups in total. The predicted molar refractivity (Wildman–Crippen MR) is 77.3 cm³/mol. The van der Waals surface area contributed by atoms with Crippen LogP contribution in [0.2, 0.25) is 0 Å². The van der Waals surface area contributed by atoms with Crippen molar-refractivity contribution >= 4 is 21.8 Å². The zero-order chi connectivity index (χ0) is 13.2. The largest absolute Gasteiger partial charge is 0.367 e. The zero-order valence-electron chi connectivity index (χ0n) is 9.88. The molecule has 2 heterocycles. The van der Waals surface area contributed by atoms with Gasteiger partial charge in [0.25, 0.3) is 0 Å². The summed E-state index contributed by atoms with van der Waals surface area (Å²) in [7, 11) is 0. The predicted octanol–water partition coefficient (Wildman–Crippen LogP) is 3.75. The lowest BCUT2D eigenvalue weighted by Gasteiger charge is -2.04. The molecule has 0 aliphatic carbocycles. The van der Waals surface area contributed by atoms with E-state index in [-0.39, 0.29) is 0 Å². The lowest BCUT2D eigenvalue weighted by atomic mass is 10.0. The fourth-order valence-corrected chi connectivity index (χ4v) is 2.40. The minimum Gasteiger partial charge on any atom is -0.367 e. The van der Waals surface area contributed by atoms with Crippen molar-refractivity contribution in [3.63, 3.8) is 0 Å². The molecule has 94 valence electrons. The van der Waals surface area contributed by atoms with Crippen LogP contribution in [0.4, 0.5) is 5.88 Å². The summed E-state index contributed by atoms with van der Waals surface area (Å²) in [6.45, 7) is 0. The minimum absolute atomic E-state index is 0.291. The molecule has 3 aromatic rings. The maximum Gasteiger partial charge on any atom is 0.230 e. The van der Waals surface area contributed by atoms with E-state index < -0.39 is 0 Å². The molecule has 0 saturated heterocycles. The number of aromatic nitrogens is 2. The number of hydrogen-bond acceptors (Lipinski definition) is 4. The number of halogens is 1. The van der Waals surface area contributed by atoms with Crippen molar-refractivity contribution in [1.82, 2.24) is 10.1 Å². The van der Waals surface area contributed by atoms with Gasteiger partial charge in [-0.05, 0) is 12.1 Å². The van der Waals surface area contributed by atoms with Crippen molar-refractivity contribution in [3.8, 4) is 22.4 Å². The van der Waals surface area contributed by atoms with Gasteiger partial charge in [-0.3, -0.25) is 4.98 Å². The average molecular weight is 316 g/mol. The third-order valence-corrected chi connectivity index (χ3v) is 3.49. The number of nitrogens with zero attached hydrogens (tertiary/aromatic N) is 2. The smallest absolute Gasteiger partial charge is 0.230 e. The summed E-state index contributed by atoms with van der Waals surface area (Å²) in [6, 6.07) is 11.6. The van der Waals surface area contributed by atoms with Gasteiger partial charge in [0.1, 0.15) is 5.69 Å². The molecule has 2 aromatic heterocycles. The number of hydrogen-bond donors (Lipinski definition) is 1. The average Bonchev–Trinajstić information content (AvgIpc) is 2.82. The first-order valence-electron chi connectivity index (χ1n) is 5.68. The fourth-order valence-electron chi connectivity index (χ4n) is 1.93. The highest BCUT2D eigenvalue weighted by Gasteiger charge is 2.18. The van der Waals surface area contributed by atoms with Crippen LogP contribution in [-0.2, 0) is 0 Å². The maximum absolute atomic E-state index is 5.89. The van der Waals surface area contributed by atoms with E-state index >= 15 is 0 Å². The molecule has 0 spiro atoms. The Kier molecular flexibility index (Phi) is 3.05. The molecule has 0 aliphatic rings. The van der Waals surface area contributed by atoms with Crippen LogP contribution in [0, 0.1) is 0 Å². The Morgan fingerprint density at radius 3 is 2.68 bits per heavy atom. The van der Waals surface area contributed by atoms with Crippen LogP contribution in [0.25, 0.3) is 22.4 Å². The quantitative estimate of drug-likeness (QED) is 0.782. The summed E-state index contributed by atoms with van der Waals surface area (Å²) < 4.78 is 6.08. The van der Waals surface area contributed by atoms with Crippen LogP contribution in [0.3, 0.4) is 0 Å². The monoisotopic (exact) mass is 315 g/mol. The van der Waals surface area contributed by atoms with Crippen LogP contribution in [0.5, 0.6) is 0 Å². The molecule has 0 aliphatic heterocycles. The van der Waals surface area contributed by atoms with Crippen molar-refractivity contribution in [2.75, 3.05) is 5.73 Å². The Hall–Kier alpha value is -2.14. The standard InChI is InChI=1S/C14H10BrN3O/c15-11-6-2-1-5-10(11)13-12(14(16)19-18-13)9-4-3-7-17-8-9/h1-8H,16H2.